The van der Waals surface area contributed by atoms with E-state index in [9.17, 15) is 4.79 Å². The molecule has 112 valence electrons. The Kier molecular flexibility index (Phi) is 4.24. The summed E-state index contributed by atoms with van der Waals surface area (Å²) in [5, 5.41) is 2.58. The molecule has 22 heavy (non-hydrogen) atoms. The smallest absolute Gasteiger partial charge is 0.330 e. The molecule has 0 bridgehead atoms. The van der Waals surface area contributed by atoms with Crippen molar-refractivity contribution in [2.45, 2.75) is 19.4 Å². The summed E-state index contributed by atoms with van der Waals surface area (Å²) in [6, 6.07) is 17.0. The van der Waals surface area contributed by atoms with Crippen molar-refractivity contribution in [1.29, 1.82) is 0 Å². The fraction of sp³-hybridized carbons (Fsp3) is 0.211. The van der Waals surface area contributed by atoms with E-state index in [1.165, 1.54) is 27.9 Å². The molecular formula is C19H19NO2. The van der Waals surface area contributed by atoms with Crippen LogP contribution in [0.25, 0.3) is 21.8 Å². The van der Waals surface area contributed by atoms with E-state index in [1.54, 1.807) is 0 Å². The third kappa shape index (κ3) is 2.75. The van der Waals surface area contributed by atoms with E-state index in [0.29, 0.717) is 6.61 Å². The molecule has 0 atom stereocenters. The molecule has 0 saturated heterocycles. The van der Waals surface area contributed by atoms with Gasteiger partial charge in [-0.05, 0) is 25.0 Å². The lowest BCUT2D eigenvalue weighted by Crippen LogP contribution is -2.04. The Balaban J connectivity index is 1.77. The van der Waals surface area contributed by atoms with Crippen molar-refractivity contribution in [2.24, 2.45) is 0 Å². The largest absolute Gasteiger partial charge is 0.463 e. The molecule has 0 saturated carbocycles. The van der Waals surface area contributed by atoms with Crippen LogP contribution in [0.4, 0.5) is 0 Å². The van der Waals surface area contributed by atoms with E-state index in [1.807, 2.05) is 0 Å². The van der Waals surface area contributed by atoms with Gasteiger partial charge in [-0.1, -0.05) is 43.0 Å². The Morgan fingerprint density at radius 2 is 1.59 bits per heavy atom. The van der Waals surface area contributed by atoms with Gasteiger partial charge in [0.15, 0.2) is 0 Å². The number of aryl methyl sites for hydroxylation is 1. The number of benzene rings is 2. The van der Waals surface area contributed by atoms with Crippen molar-refractivity contribution < 1.29 is 9.53 Å². The molecule has 0 aliphatic rings. The lowest BCUT2D eigenvalue weighted by molar-refractivity contribution is -0.137. The molecular weight excluding hydrogens is 274 g/mol. The van der Waals surface area contributed by atoms with Gasteiger partial charge in [0, 0.05) is 34.4 Å². The minimum atomic E-state index is -0.350. The molecule has 3 nitrogen and oxygen atoms in total. The third-order valence-corrected chi connectivity index (χ3v) is 3.87. The number of hydrogen-bond donors (Lipinski definition) is 0. The van der Waals surface area contributed by atoms with Gasteiger partial charge >= 0.3 is 5.97 Å². The quantitative estimate of drug-likeness (QED) is 0.385. The van der Waals surface area contributed by atoms with Gasteiger partial charge in [-0.3, -0.25) is 0 Å². The normalized spacial score (nSPS) is 10.9. The predicted molar refractivity (Wildman–Crippen MR) is 89.8 cm³/mol. The van der Waals surface area contributed by atoms with Crippen LogP contribution in [0.2, 0.25) is 0 Å². The van der Waals surface area contributed by atoms with Crippen LogP contribution in [0.5, 0.6) is 0 Å². The Morgan fingerprint density at radius 1 is 1.00 bits per heavy atom. The van der Waals surface area contributed by atoms with Crippen LogP contribution in [-0.4, -0.2) is 17.1 Å². The number of aromatic nitrogens is 1. The van der Waals surface area contributed by atoms with Gasteiger partial charge in [-0.25, -0.2) is 4.79 Å². The SMILES string of the molecule is C=CC(=O)OCCCCn1c2ccccc2c2ccccc21. The van der Waals surface area contributed by atoms with Crippen molar-refractivity contribution in [3.63, 3.8) is 0 Å². The maximum absolute atomic E-state index is 11.0. The average molecular weight is 293 g/mol. The topological polar surface area (TPSA) is 31.2 Å². The molecule has 0 N–H and O–H groups in total. The van der Waals surface area contributed by atoms with Crippen LogP contribution in [0, 0.1) is 0 Å². The van der Waals surface area contributed by atoms with Gasteiger partial charge in [0.25, 0.3) is 0 Å². The highest BCUT2D eigenvalue weighted by Crippen LogP contribution is 2.28. The summed E-state index contributed by atoms with van der Waals surface area (Å²) < 4.78 is 7.37. The summed E-state index contributed by atoms with van der Waals surface area (Å²) in [5.74, 6) is -0.350. The maximum Gasteiger partial charge on any atom is 0.330 e. The second-order valence-electron chi connectivity index (χ2n) is 5.26. The molecule has 0 unspecified atom stereocenters. The van der Waals surface area contributed by atoms with Crippen molar-refractivity contribution in [1.82, 2.24) is 4.57 Å². The lowest BCUT2D eigenvalue weighted by Gasteiger charge is -2.07. The number of carbonyl (C=O) groups is 1. The van der Waals surface area contributed by atoms with Crippen LogP contribution < -0.4 is 0 Å². The molecule has 0 amide bonds. The summed E-state index contributed by atoms with van der Waals surface area (Å²) in [6.07, 6.45) is 3.01. The molecule has 3 heteroatoms. The van der Waals surface area contributed by atoms with E-state index in [0.717, 1.165) is 19.4 Å². The number of para-hydroxylation sites is 2. The predicted octanol–water partition coefficient (Wildman–Crippen LogP) is 4.30. The van der Waals surface area contributed by atoms with E-state index < -0.39 is 0 Å². The van der Waals surface area contributed by atoms with E-state index in [2.05, 4.69) is 59.7 Å². The second kappa shape index (κ2) is 6.48. The molecule has 3 rings (SSSR count). The molecule has 0 aliphatic heterocycles. The molecule has 0 spiro atoms. The average Bonchev–Trinajstić information content (AvgIpc) is 2.89. The molecule has 1 aromatic heterocycles. The van der Waals surface area contributed by atoms with Gasteiger partial charge < -0.3 is 9.30 Å². The zero-order chi connectivity index (χ0) is 15.4. The molecule has 1 heterocycles. The number of rotatable bonds is 6. The van der Waals surface area contributed by atoms with Crippen LogP contribution in [0.1, 0.15) is 12.8 Å². The zero-order valence-corrected chi connectivity index (χ0v) is 12.5. The second-order valence-corrected chi connectivity index (χ2v) is 5.26. The fourth-order valence-electron chi connectivity index (χ4n) is 2.85. The summed E-state index contributed by atoms with van der Waals surface area (Å²) >= 11 is 0. The number of fused-ring (bicyclic) bond motifs is 3. The number of unbranched alkanes of at least 4 members (excludes halogenated alkanes) is 1. The van der Waals surface area contributed by atoms with Crippen molar-refractivity contribution in [3.8, 4) is 0 Å². The summed E-state index contributed by atoms with van der Waals surface area (Å²) in [6.45, 7) is 4.75. The Bertz CT molecular complexity index is 763. The Hall–Kier alpha value is -2.55. The van der Waals surface area contributed by atoms with Gasteiger partial charge in [0.05, 0.1) is 6.61 Å². The first-order chi connectivity index (χ1) is 10.8. The summed E-state index contributed by atoms with van der Waals surface area (Å²) in [7, 11) is 0. The molecule has 2 aromatic carbocycles. The van der Waals surface area contributed by atoms with Crippen LogP contribution >= 0.6 is 0 Å². The van der Waals surface area contributed by atoms with Gasteiger partial charge in [-0.15, -0.1) is 0 Å². The number of ether oxygens (including phenoxy) is 1. The molecule has 0 fully saturated rings. The van der Waals surface area contributed by atoms with Gasteiger partial charge in [-0.2, -0.15) is 0 Å². The van der Waals surface area contributed by atoms with E-state index >= 15 is 0 Å². The first-order valence-electron chi connectivity index (χ1n) is 7.56. The molecule has 3 aromatic rings. The summed E-state index contributed by atoms with van der Waals surface area (Å²) in [5.41, 5.74) is 2.51. The number of carbonyl (C=O) groups excluding carboxylic acids is 1. The Labute approximate surface area is 129 Å². The van der Waals surface area contributed by atoms with E-state index in [-0.39, 0.29) is 5.97 Å². The number of hydrogen-bond acceptors (Lipinski definition) is 2. The number of nitrogens with zero attached hydrogens (tertiary/aromatic N) is 1. The number of esters is 1. The van der Waals surface area contributed by atoms with Crippen LogP contribution in [0.3, 0.4) is 0 Å². The zero-order valence-electron chi connectivity index (χ0n) is 12.5. The van der Waals surface area contributed by atoms with Gasteiger partial charge in [0.1, 0.15) is 0 Å². The molecule has 0 radical (unpaired) electrons. The van der Waals surface area contributed by atoms with Gasteiger partial charge in [0.2, 0.25) is 0 Å². The third-order valence-electron chi connectivity index (χ3n) is 3.87. The first kappa shape index (κ1) is 14.4. The highest BCUT2D eigenvalue weighted by Gasteiger charge is 2.08. The lowest BCUT2D eigenvalue weighted by atomic mass is 10.2. The monoisotopic (exact) mass is 293 g/mol. The van der Waals surface area contributed by atoms with Crippen molar-refractivity contribution in [2.75, 3.05) is 6.61 Å². The first-order valence-corrected chi connectivity index (χ1v) is 7.56. The van der Waals surface area contributed by atoms with Crippen molar-refractivity contribution >= 4 is 27.8 Å². The minimum Gasteiger partial charge on any atom is -0.463 e. The summed E-state index contributed by atoms with van der Waals surface area (Å²) in [4.78, 5) is 11.0. The Morgan fingerprint density at radius 3 is 2.18 bits per heavy atom. The standard InChI is InChI=1S/C19H19NO2/c1-2-19(21)22-14-8-7-13-20-17-11-5-3-9-15(17)16-10-4-6-12-18(16)20/h2-6,9-12H,1,7-8,13-14H2. The molecule has 0 aliphatic carbocycles. The van der Waals surface area contributed by atoms with Crippen LogP contribution in [0.15, 0.2) is 61.2 Å². The highest BCUT2D eigenvalue weighted by molar-refractivity contribution is 6.07. The minimum absolute atomic E-state index is 0.350. The van der Waals surface area contributed by atoms with Crippen LogP contribution in [-0.2, 0) is 16.1 Å². The maximum atomic E-state index is 11.0. The van der Waals surface area contributed by atoms with E-state index in [4.69, 9.17) is 4.74 Å². The fourth-order valence-corrected chi connectivity index (χ4v) is 2.85. The highest BCUT2D eigenvalue weighted by atomic mass is 16.5. The van der Waals surface area contributed by atoms with Crippen molar-refractivity contribution in [3.05, 3.63) is 61.2 Å².